The van der Waals surface area contributed by atoms with Gasteiger partial charge in [0.25, 0.3) is 5.91 Å². The second-order valence-corrected chi connectivity index (χ2v) is 11.1. The number of nitrogens with one attached hydrogen (secondary N) is 1. The van der Waals surface area contributed by atoms with Crippen LogP contribution in [0.15, 0.2) is 53.4 Å². The van der Waals surface area contributed by atoms with Gasteiger partial charge in [0.05, 0.1) is 22.5 Å². The Kier molecular flexibility index (Phi) is 5.63. The predicted octanol–water partition coefficient (Wildman–Crippen LogP) is 4.59. The molecule has 4 aromatic rings. The molecule has 0 radical (unpaired) electrons. The van der Waals surface area contributed by atoms with Crippen LogP contribution in [0.1, 0.15) is 32.9 Å². The van der Waals surface area contributed by atoms with Gasteiger partial charge in [-0.25, -0.2) is 13.4 Å². The van der Waals surface area contributed by atoms with Gasteiger partial charge < -0.3 is 14.6 Å². The SMILES string of the molecule is Cc1nc2c(C)c(C)c(-c3ccc4c(c3)CN(C(=O)c3ccc(S(C)(=O)=O)cc3)CCO4)cc2[nH]1. The van der Waals surface area contributed by atoms with E-state index in [2.05, 4.69) is 42.0 Å². The number of amides is 1. The molecule has 1 aliphatic rings. The van der Waals surface area contributed by atoms with Crippen LogP contribution in [0.25, 0.3) is 22.2 Å². The summed E-state index contributed by atoms with van der Waals surface area (Å²) < 4.78 is 29.5. The quantitative estimate of drug-likeness (QED) is 0.454. The highest BCUT2D eigenvalue weighted by molar-refractivity contribution is 7.90. The zero-order chi connectivity index (χ0) is 24.9. The summed E-state index contributed by atoms with van der Waals surface area (Å²) in [5, 5.41) is 0. The van der Waals surface area contributed by atoms with E-state index < -0.39 is 9.84 Å². The summed E-state index contributed by atoms with van der Waals surface area (Å²) in [5.74, 6) is 1.49. The maximum atomic E-state index is 13.2. The van der Waals surface area contributed by atoms with Crippen molar-refractivity contribution in [2.45, 2.75) is 32.2 Å². The minimum atomic E-state index is -3.32. The molecule has 180 valence electrons. The highest BCUT2D eigenvalue weighted by atomic mass is 32.2. The molecule has 35 heavy (non-hydrogen) atoms. The van der Waals surface area contributed by atoms with Crippen LogP contribution in [-0.2, 0) is 16.4 Å². The summed E-state index contributed by atoms with van der Waals surface area (Å²) in [6.45, 7) is 7.37. The molecule has 7 nitrogen and oxygen atoms in total. The number of hydrogen-bond acceptors (Lipinski definition) is 5. The van der Waals surface area contributed by atoms with Gasteiger partial charge in [-0.05, 0) is 85.5 Å². The minimum Gasteiger partial charge on any atom is -0.491 e. The molecule has 3 aromatic carbocycles. The zero-order valence-electron chi connectivity index (χ0n) is 20.2. The molecule has 0 saturated carbocycles. The van der Waals surface area contributed by atoms with Crippen molar-refractivity contribution in [3.8, 4) is 16.9 Å². The molecule has 0 atom stereocenters. The van der Waals surface area contributed by atoms with E-state index in [1.165, 1.54) is 12.1 Å². The first kappa shape index (κ1) is 23.1. The van der Waals surface area contributed by atoms with Gasteiger partial charge in [-0.1, -0.05) is 6.07 Å². The number of fused-ring (bicyclic) bond motifs is 2. The third-order valence-electron chi connectivity index (χ3n) is 6.63. The number of imidazole rings is 1. The second-order valence-electron chi connectivity index (χ2n) is 9.09. The van der Waals surface area contributed by atoms with Crippen LogP contribution in [0, 0.1) is 20.8 Å². The summed E-state index contributed by atoms with van der Waals surface area (Å²) in [6.07, 6.45) is 1.15. The van der Waals surface area contributed by atoms with Crippen LogP contribution in [0.3, 0.4) is 0 Å². The Hall–Kier alpha value is -3.65. The van der Waals surface area contributed by atoms with Crippen molar-refractivity contribution in [2.75, 3.05) is 19.4 Å². The molecular formula is C27H27N3O4S. The lowest BCUT2D eigenvalue weighted by atomic mass is 9.94. The molecule has 0 fully saturated rings. The molecule has 1 amide bonds. The van der Waals surface area contributed by atoms with Crippen molar-refractivity contribution < 1.29 is 17.9 Å². The molecule has 1 aliphatic heterocycles. The summed E-state index contributed by atoms with van der Waals surface area (Å²) in [6, 6.07) is 14.3. The second kappa shape index (κ2) is 8.53. The number of aromatic nitrogens is 2. The number of aryl methyl sites for hydroxylation is 2. The third-order valence-corrected chi connectivity index (χ3v) is 7.76. The summed E-state index contributed by atoms with van der Waals surface area (Å²) in [4.78, 5) is 23.1. The molecule has 0 spiro atoms. The maximum absolute atomic E-state index is 13.2. The van der Waals surface area contributed by atoms with Gasteiger partial charge in [0, 0.05) is 23.9 Å². The van der Waals surface area contributed by atoms with Crippen LogP contribution >= 0.6 is 0 Å². The standard InChI is InChI=1S/C27H27N3O4S/c1-16-17(2)26-24(28-18(3)29-26)14-23(16)20-7-10-25-21(13-20)15-30(11-12-34-25)27(31)19-5-8-22(9-6-19)35(4,32)33/h5-10,13-14H,11-12,15H2,1-4H3,(H,28,29). The number of benzene rings is 3. The molecule has 0 unspecified atom stereocenters. The molecule has 2 heterocycles. The summed E-state index contributed by atoms with van der Waals surface area (Å²) >= 11 is 0. The molecule has 0 saturated heterocycles. The summed E-state index contributed by atoms with van der Waals surface area (Å²) in [7, 11) is -3.32. The van der Waals surface area contributed by atoms with Crippen molar-refractivity contribution in [1.29, 1.82) is 0 Å². The largest absolute Gasteiger partial charge is 0.491 e. The monoisotopic (exact) mass is 489 g/mol. The number of H-pyrrole nitrogens is 1. The number of nitrogens with zero attached hydrogens (tertiary/aromatic N) is 2. The Labute approximate surface area is 204 Å². The first-order chi connectivity index (χ1) is 16.6. The van der Waals surface area contributed by atoms with Crippen LogP contribution < -0.4 is 4.74 Å². The van der Waals surface area contributed by atoms with Crippen molar-refractivity contribution in [3.63, 3.8) is 0 Å². The number of carbonyl (C=O) groups excluding carboxylic acids is 1. The van der Waals surface area contributed by atoms with Crippen LogP contribution in [0.2, 0.25) is 0 Å². The summed E-state index contributed by atoms with van der Waals surface area (Å²) in [5.41, 5.74) is 7.83. The van der Waals surface area contributed by atoms with Gasteiger partial charge in [-0.15, -0.1) is 0 Å². The average molecular weight is 490 g/mol. The Balaban J connectivity index is 1.48. The first-order valence-corrected chi connectivity index (χ1v) is 13.3. The van der Waals surface area contributed by atoms with Gasteiger partial charge in [-0.3, -0.25) is 4.79 Å². The number of sulfone groups is 1. The molecule has 8 heteroatoms. The van der Waals surface area contributed by atoms with Crippen molar-refractivity contribution in [3.05, 3.63) is 76.6 Å². The number of rotatable bonds is 3. The van der Waals surface area contributed by atoms with E-state index in [1.54, 1.807) is 17.0 Å². The van der Waals surface area contributed by atoms with E-state index in [-0.39, 0.29) is 10.8 Å². The van der Waals surface area contributed by atoms with Gasteiger partial charge in [-0.2, -0.15) is 0 Å². The van der Waals surface area contributed by atoms with Gasteiger partial charge in [0.1, 0.15) is 18.2 Å². The van der Waals surface area contributed by atoms with E-state index in [9.17, 15) is 13.2 Å². The van der Waals surface area contributed by atoms with Crippen molar-refractivity contribution >= 4 is 26.8 Å². The Morgan fingerprint density at radius 2 is 1.77 bits per heavy atom. The predicted molar refractivity (Wildman–Crippen MR) is 136 cm³/mol. The number of aromatic amines is 1. The van der Waals surface area contributed by atoms with E-state index in [1.807, 2.05) is 13.0 Å². The Bertz CT molecular complexity index is 1570. The topological polar surface area (TPSA) is 92.4 Å². The molecule has 1 N–H and O–H groups in total. The zero-order valence-corrected chi connectivity index (χ0v) is 21.0. The first-order valence-electron chi connectivity index (χ1n) is 11.4. The van der Waals surface area contributed by atoms with Crippen molar-refractivity contribution in [1.82, 2.24) is 14.9 Å². The molecule has 0 bridgehead atoms. The lowest BCUT2D eigenvalue weighted by Gasteiger charge is -2.20. The molecule has 5 rings (SSSR count). The highest BCUT2D eigenvalue weighted by Gasteiger charge is 2.22. The van der Waals surface area contributed by atoms with Gasteiger partial charge in [0.15, 0.2) is 9.84 Å². The number of hydrogen-bond donors (Lipinski definition) is 1. The number of carbonyl (C=O) groups is 1. The van der Waals surface area contributed by atoms with E-state index in [4.69, 9.17) is 4.74 Å². The fourth-order valence-corrected chi connectivity index (χ4v) is 5.23. The van der Waals surface area contributed by atoms with Crippen LogP contribution in [0.4, 0.5) is 0 Å². The van der Waals surface area contributed by atoms with E-state index in [0.717, 1.165) is 56.7 Å². The van der Waals surface area contributed by atoms with Crippen LogP contribution in [-0.4, -0.2) is 48.6 Å². The van der Waals surface area contributed by atoms with Gasteiger partial charge >= 0.3 is 0 Å². The fourth-order valence-electron chi connectivity index (χ4n) is 4.59. The minimum absolute atomic E-state index is 0.159. The molecule has 0 aliphatic carbocycles. The lowest BCUT2D eigenvalue weighted by molar-refractivity contribution is 0.0733. The van der Waals surface area contributed by atoms with Gasteiger partial charge in [0.2, 0.25) is 0 Å². The normalized spacial score (nSPS) is 13.9. The Morgan fingerprint density at radius 1 is 1.03 bits per heavy atom. The van der Waals surface area contributed by atoms with Crippen LogP contribution in [0.5, 0.6) is 5.75 Å². The number of ether oxygens (including phenoxy) is 1. The molecular weight excluding hydrogens is 462 g/mol. The third kappa shape index (κ3) is 4.30. The average Bonchev–Trinajstić information content (AvgIpc) is 3.07. The fraction of sp³-hybridized carbons (Fsp3) is 0.259. The molecule has 1 aromatic heterocycles. The lowest BCUT2D eigenvalue weighted by Crippen LogP contribution is -2.32. The van der Waals surface area contributed by atoms with E-state index >= 15 is 0 Å². The van der Waals surface area contributed by atoms with E-state index in [0.29, 0.717) is 25.3 Å². The maximum Gasteiger partial charge on any atom is 0.254 e. The highest BCUT2D eigenvalue weighted by Crippen LogP contribution is 2.34. The van der Waals surface area contributed by atoms with Crippen molar-refractivity contribution in [2.24, 2.45) is 0 Å². The smallest absolute Gasteiger partial charge is 0.254 e. The Morgan fingerprint density at radius 3 is 2.49 bits per heavy atom.